The summed E-state index contributed by atoms with van der Waals surface area (Å²) in [5.74, 6) is 0. The molecule has 0 aliphatic rings. The van der Waals surface area contributed by atoms with Gasteiger partial charge in [0.05, 0.1) is 0 Å². The maximum atomic E-state index is 2.35. The Morgan fingerprint density at radius 1 is 0.519 bits per heavy atom. The fourth-order valence-corrected chi connectivity index (χ4v) is 3.87. The molecule has 1 nitrogen and oxygen atoms in total. The van der Waals surface area contributed by atoms with Gasteiger partial charge in [-0.15, -0.1) is 0 Å². The van der Waals surface area contributed by atoms with Gasteiger partial charge in [-0.1, -0.05) is 104 Å². The summed E-state index contributed by atoms with van der Waals surface area (Å²) in [6.07, 6.45) is 29.9. The monoisotopic (exact) mass is 374 g/mol. The quantitative estimate of drug-likeness (QED) is 0.170. The number of aromatic nitrogens is 1. The molecule has 27 heavy (non-hydrogen) atoms. The fraction of sp³-hybridized carbons (Fsp3) is 0.808. The highest BCUT2D eigenvalue weighted by molar-refractivity contribution is 5.07. The highest BCUT2D eigenvalue weighted by Crippen LogP contribution is 2.13. The van der Waals surface area contributed by atoms with E-state index in [4.69, 9.17) is 0 Å². The number of hydrogen-bond donors (Lipinski definition) is 0. The van der Waals surface area contributed by atoms with E-state index in [1.165, 1.54) is 128 Å². The first-order valence-corrected chi connectivity index (χ1v) is 12.3. The molecule has 1 aromatic heterocycles. The lowest BCUT2D eigenvalue weighted by Crippen LogP contribution is -2.32. The standard InChI is InChI=1S/C26H48N/c1-3-5-7-9-10-11-12-13-14-15-16-17-18-20-26-21-24-27(25-22-26)23-19-8-6-4-2/h21-22,24-25H,3-20,23H2,1-2H3/q+1. The van der Waals surface area contributed by atoms with Crippen molar-refractivity contribution >= 4 is 0 Å². The molecule has 1 heterocycles. The van der Waals surface area contributed by atoms with Gasteiger partial charge < -0.3 is 0 Å². The molecule has 0 spiro atoms. The third kappa shape index (κ3) is 14.8. The molecule has 0 aliphatic carbocycles. The highest BCUT2D eigenvalue weighted by Gasteiger charge is 2.01. The van der Waals surface area contributed by atoms with Crippen LogP contribution in [0.5, 0.6) is 0 Å². The summed E-state index contributed by atoms with van der Waals surface area (Å²) in [5, 5.41) is 0. The van der Waals surface area contributed by atoms with E-state index in [9.17, 15) is 0 Å². The minimum atomic E-state index is 1.18. The first-order chi connectivity index (χ1) is 13.4. The summed E-state index contributed by atoms with van der Waals surface area (Å²) in [5.41, 5.74) is 1.52. The van der Waals surface area contributed by atoms with Crippen LogP contribution < -0.4 is 4.57 Å². The Labute approximate surface area is 171 Å². The highest BCUT2D eigenvalue weighted by atomic mass is 14.9. The van der Waals surface area contributed by atoms with Crippen molar-refractivity contribution in [3.63, 3.8) is 0 Å². The van der Waals surface area contributed by atoms with Gasteiger partial charge in [0, 0.05) is 18.6 Å². The number of nitrogens with zero attached hydrogens (tertiary/aromatic N) is 1. The molecule has 0 atom stereocenters. The number of rotatable bonds is 19. The van der Waals surface area contributed by atoms with E-state index < -0.39 is 0 Å². The van der Waals surface area contributed by atoms with Gasteiger partial charge in [0.15, 0.2) is 12.4 Å². The molecule has 0 saturated heterocycles. The average Bonchev–Trinajstić information content (AvgIpc) is 2.70. The minimum absolute atomic E-state index is 1.18. The van der Waals surface area contributed by atoms with Crippen LogP contribution in [0, 0.1) is 0 Å². The predicted molar refractivity (Wildman–Crippen MR) is 120 cm³/mol. The van der Waals surface area contributed by atoms with Crippen LogP contribution in [0.2, 0.25) is 0 Å². The van der Waals surface area contributed by atoms with Crippen molar-refractivity contribution < 1.29 is 4.57 Å². The minimum Gasteiger partial charge on any atom is -0.205 e. The molecule has 1 heteroatoms. The van der Waals surface area contributed by atoms with Gasteiger partial charge in [0.25, 0.3) is 0 Å². The molecule has 0 bridgehead atoms. The molecule has 0 aromatic carbocycles. The zero-order valence-electron chi connectivity index (χ0n) is 18.7. The molecule has 0 unspecified atom stereocenters. The second kappa shape index (κ2) is 18.5. The average molecular weight is 375 g/mol. The van der Waals surface area contributed by atoms with Crippen LogP contribution in [-0.4, -0.2) is 0 Å². The van der Waals surface area contributed by atoms with Crippen molar-refractivity contribution in [2.75, 3.05) is 0 Å². The summed E-state index contributed by atoms with van der Waals surface area (Å²) < 4.78 is 2.35. The Morgan fingerprint density at radius 2 is 0.926 bits per heavy atom. The van der Waals surface area contributed by atoms with Crippen LogP contribution in [0.4, 0.5) is 0 Å². The smallest absolute Gasteiger partial charge is 0.169 e. The summed E-state index contributed by atoms with van der Waals surface area (Å²) in [6, 6.07) is 4.67. The van der Waals surface area contributed by atoms with Crippen molar-refractivity contribution in [1.29, 1.82) is 0 Å². The van der Waals surface area contributed by atoms with Crippen LogP contribution >= 0.6 is 0 Å². The first kappa shape index (κ1) is 24.2. The van der Waals surface area contributed by atoms with E-state index in [0.29, 0.717) is 0 Å². The molecule has 0 radical (unpaired) electrons. The van der Waals surface area contributed by atoms with E-state index >= 15 is 0 Å². The molecule has 0 amide bonds. The molecular weight excluding hydrogens is 326 g/mol. The van der Waals surface area contributed by atoms with Crippen LogP contribution in [-0.2, 0) is 13.0 Å². The van der Waals surface area contributed by atoms with Gasteiger partial charge in [0.1, 0.15) is 6.54 Å². The lowest BCUT2D eigenvalue weighted by molar-refractivity contribution is -0.697. The first-order valence-electron chi connectivity index (χ1n) is 12.3. The van der Waals surface area contributed by atoms with Gasteiger partial charge in [-0.25, -0.2) is 4.57 Å². The Hall–Kier alpha value is -0.850. The third-order valence-corrected chi connectivity index (χ3v) is 5.80. The molecule has 156 valence electrons. The van der Waals surface area contributed by atoms with E-state index in [1.54, 1.807) is 0 Å². The number of pyridine rings is 1. The number of hydrogen-bond acceptors (Lipinski definition) is 0. The Balaban J connectivity index is 1.89. The van der Waals surface area contributed by atoms with Crippen LogP contribution in [0.25, 0.3) is 0 Å². The third-order valence-electron chi connectivity index (χ3n) is 5.80. The van der Waals surface area contributed by atoms with Crippen molar-refractivity contribution in [2.45, 2.75) is 136 Å². The maximum Gasteiger partial charge on any atom is 0.169 e. The van der Waals surface area contributed by atoms with Gasteiger partial charge in [-0.2, -0.15) is 0 Å². The SMILES string of the molecule is CCCCCCCCCCCCCCCc1cc[n+](CCCCCC)cc1. The van der Waals surface area contributed by atoms with Gasteiger partial charge in [0.2, 0.25) is 0 Å². The lowest BCUT2D eigenvalue weighted by atomic mass is 10.0. The zero-order chi connectivity index (χ0) is 19.4. The second-order valence-electron chi connectivity index (χ2n) is 8.50. The molecule has 0 fully saturated rings. The van der Waals surface area contributed by atoms with Crippen molar-refractivity contribution in [1.82, 2.24) is 0 Å². The van der Waals surface area contributed by atoms with Crippen LogP contribution in [0.3, 0.4) is 0 Å². The normalized spacial score (nSPS) is 11.2. The molecule has 0 aliphatic heterocycles. The predicted octanol–water partition coefficient (Wildman–Crippen LogP) is 8.19. The Kier molecular flexibility index (Phi) is 16.6. The van der Waals surface area contributed by atoms with Gasteiger partial charge in [-0.3, -0.25) is 0 Å². The van der Waals surface area contributed by atoms with E-state index in [-0.39, 0.29) is 0 Å². The second-order valence-corrected chi connectivity index (χ2v) is 8.50. The maximum absolute atomic E-state index is 2.35. The summed E-state index contributed by atoms with van der Waals surface area (Å²) in [4.78, 5) is 0. The lowest BCUT2D eigenvalue weighted by Gasteiger charge is -2.04. The topological polar surface area (TPSA) is 3.88 Å². The molecular formula is C26H48N+. The molecule has 0 saturated carbocycles. The van der Waals surface area contributed by atoms with Crippen LogP contribution in [0.1, 0.15) is 129 Å². The van der Waals surface area contributed by atoms with E-state index in [0.717, 1.165) is 0 Å². The van der Waals surface area contributed by atoms with Crippen LogP contribution in [0.15, 0.2) is 24.5 Å². The zero-order valence-corrected chi connectivity index (χ0v) is 18.7. The fourth-order valence-electron chi connectivity index (χ4n) is 3.87. The van der Waals surface area contributed by atoms with E-state index in [1.807, 2.05) is 0 Å². The summed E-state index contributed by atoms with van der Waals surface area (Å²) >= 11 is 0. The van der Waals surface area contributed by atoms with Crippen molar-refractivity contribution in [3.8, 4) is 0 Å². The Morgan fingerprint density at radius 3 is 1.41 bits per heavy atom. The van der Waals surface area contributed by atoms with Crippen molar-refractivity contribution in [2.24, 2.45) is 0 Å². The summed E-state index contributed by atoms with van der Waals surface area (Å²) in [6.45, 7) is 5.75. The summed E-state index contributed by atoms with van der Waals surface area (Å²) in [7, 11) is 0. The van der Waals surface area contributed by atoms with Gasteiger partial charge >= 0.3 is 0 Å². The number of aryl methyl sites for hydroxylation is 2. The number of unbranched alkanes of at least 4 members (excludes halogenated alkanes) is 15. The molecule has 1 rings (SSSR count). The largest absolute Gasteiger partial charge is 0.205 e. The molecule has 0 N–H and O–H groups in total. The Bertz CT molecular complexity index is 409. The molecule has 1 aromatic rings. The van der Waals surface area contributed by atoms with Gasteiger partial charge in [-0.05, 0) is 24.8 Å². The van der Waals surface area contributed by atoms with E-state index in [2.05, 4.69) is 42.9 Å². The van der Waals surface area contributed by atoms with Crippen molar-refractivity contribution in [3.05, 3.63) is 30.1 Å².